The Kier molecular flexibility index (Phi) is 12.9. The number of carbonyl (C=O) groups excluding carboxylic acids is 2. The van der Waals surface area contributed by atoms with Crippen LogP contribution in [0.5, 0.6) is 11.6 Å². The average Bonchev–Trinajstić information content (AvgIpc) is 3.88. The number of benzene rings is 2. The first-order valence-electron chi connectivity index (χ1n) is 22.4. The summed E-state index contributed by atoms with van der Waals surface area (Å²) >= 11 is 6.55. The van der Waals surface area contributed by atoms with E-state index in [9.17, 15) is 9.59 Å². The van der Waals surface area contributed by atoms with Crippen LogP contribution in [0.15, 0.2) is 58.9 Å². The number of nitrogens with zero attached hydrogens (tertiary/aromatic N) is 6. The van der Waals surface area contributed by atoms with Gasteiger partial charge in [-0.3, -0.25) is 28.8 Å². The monoisotopic (exact) mass is 923 g/mol. The Morgan fingerprint density at radius 1 is 1.12 bits per heavy atom. The Bertz CT molecular complexity index is 2430. The van der Waals surface area contributed by atoms with Crippen molar-refractivity contribution in [2.75, 3.05) is 97.1 Å². The van der Waals surface area contributed by atoms with Gasteiger partial charge in [0.2, 0.25) is 5.88 Å². The molecule has 2 unspecified atom stereocenters. The Morgan fingerprint density at radius 3 is 2.81 bits per heavy atom. The quantitative estimate of drug-likeness (QED) is 0.346. The molecule has 1 aromatic heterocycles. The van der Waals surface area contributed by atoms with E-state index >= 15 is 8.60 Å². The van der Waals surface area contributed by atoms with E-state index < -0.39 is 50.6 Å². The lowest BCUT2D eigenvalue weighted by atomic mass is 9.70. The predicted molar refractivity (Wildman–Crippen MR) is 240 cm³/mol. The maximum Gasteiger partial charge on any atom is 0.286 e. The summed E-state index contributed by atoms with van der Waals surface area (Å²) in [6.45, 7) is 8.26. The normalized spacial score (nSPS) is 32.2. The lowest BCUT2D eigenvalue weighted by Crippen LogP contribution is -2.63. The Balaban J connectivity index is 1.15. The summed E-state index contributed by atoms with van der Waals surface area (Å²) in [5, 5.41) is 4.85. The number of hydrogen-bond donors (Lipinski definition) is 1. The summed E-state index contributed by atoms with van der Waals surface area (Å²) in [6, 6.07) is 11.4. The number of rotatable bonds is 6. The molecule has 2 aromatic carbocycles. The highest BCUT2D eigenvalue weighted by Gasteiger charge is 2.53. The van der Waals surface area contributed by atoms with Gasteiger partial charge in [0.15, 0.2) is 5.60 Å². The number of nitrogens with one attached hydrogen (secondary N) is 1. The number of morpholine rings is 1. The summed E-state index contributed by atoms with van der Waals surface area (Å²) in [4.78, 5) is 35.1. The summed E-state index contributed by atoms with van der Waals surface area (Å²) in [5.41, 5.74) is 1.29. The molecule has 64 heavy (non-hydrogen) atoms. The number of aryl methyl sites for hydroxylation is 2. The van der Waals surface area contributed by atoms with Gasteiger partial charge in [-0.15, -0.1) is 9.46 Å². The lowest BCUT2D eigenvalue weighted by molar-refractivity contribution is -0.132. The van der Waals surface area contributed by atoms with Crippen molar-refractivity contribution in [2.24, 2.45) is 23.2 Å². The van der Waals surface area contributed by atoms with E-state index in [1.807, 2.05) is 12.1 Å². The van der Waals surface area contributed by atoms with Crippen LogP contribution < -0.4 is 19.1 Å². The second kappa shape index (κ2) is 18.3. The van der Waals surface area contributed by atoms with Gasteiger partial charge in [-0.2, -0.15) is 0 Å². The van der Waals surface area contributed by atoms with E-state index in [0.29, 0.717) is 68.9 Å². The number of ether oxygens (including phenoxy) is 5. The highest BCUT2D eigenvalue weighted by Crippen LogP contribution is 2.47. The van der Waals surface area contributed by atoms with Crippen molar-refractivity contribution < 1.29 is 41.9 Å². The fourth-order valence-electron chi connectivity index (χ4n) is 10.9. The number of piperazine rings is 1. The van der Waals surface area contributed by atoms with Crippen LogP contribution in [-0.4, -0.2) is 146 Å². The fraction of sp³-hybridized carbons (Fsp3) is 0.587. The van der Waals surface area contributed by atoms with E-state index in [1.54, 1.807) is 39.3 Å². The van der Waals surface area contributed by atoms with E-state index in [1.165, 1.54) is 35.2 Å². The highest BCUT2D eigenvalue weighted by atomic mass is 35.5. The molecule has 9 rings (SSSR count). The molecule has 3 aromatic rings. The van der Waals surface area contributed by atoms with Crippen molar-refractivity contribution in [3.63, 3.8) is 0 Å². The minimum atomic E-state index is -3.83. The fourth-order valence-corrected chi connectivity index (χ4v) is 13.0. The molecule has 5 aliphatic heterocycles. The van der Waals surface area contributed by atoms with Crippen molar-refractivity contribution >= 4 is 39.0 Å². The SMILES string of the molecule is COc1nn(C)cc1C(=O)NS1(=O)=NC(=O)c2ccc3c(c2)N(C[C@@H]2CCO[C@H]2C(CN2CCN4CCOC[C@@H]4C2)(OC)/C(F)=C/C[C@H](C)C1)C[C@@]1(CCCc2cc(Cl)ccc21)CO3. The zero-order valence-electron chi connectivity index (χ0n) is 37.1. The molecule has 1 aliphatic carbocycles. The van der Waals surface area contributed by atoms with E-state index in [-0.39, 0.29) is 47.7 Å². The van der Waals surface area contributed by atoms with Crippen LogP contribution in [0.3, 0.4) is 0 Å². The molecule has 7 atom stereocenters. The van der Waals surface area contributed by atoms with Gasteiger partial charge < -0.3 is 28.6 Å². The minimum absolute atomic E-state index is 0.0219. The van der Waals surface area contributed by atoms with Gasteiger partial charge >= 0.3 is 0 Å². The average molecular weight is 925 g/mol. The molecule has 1 spiro atoms. The van der Waals surface area contributed by atoms with Gasteiger partial charge in [0.1, 0.15) is 27.1 Å². The Hall–Kier alpha value is -4.10. The third kappa shape index (κ3) is 8.81. The summed E-state index contributed by atoms with van der Waals surface area (Å²) < 4.78 is 72.2. The molecule has 6 aliphatic rings. The summed E-state index contributed by atoms with van der Waals surface area (Å²) in [5.74, 6) is -2.39. The second-order valence-electron chi connectivity index (χ2n) is 18.5. The zero-order chi connectivity index (χ0) is 44.8. The van der Waals surface area contributed by atoms with Crippen molar-refractivity contribution in [1.29, 1.82) is 0 Å². The molecule has 346 valence electrons. The molecule has 1 N–H and O–H groups in total. The first kappa shape index (κ1) is 45.1. The van der Waals surface area contributed by atoms with Crippen molar-refractivity contribution in [2.45, 2.75) is 62.2 Å². The standard InChI is InChI=1S/C46H59ClFN7O8S/c1-30-7-12-40(48)46(60-4,28-53-15-16-54-17-19-61-25-35(54)23-53)41-33(13-18-62-41)22-55-27-45(14-5-6-31-20-34(47)9-10-37(31)45)29-63-39-11-8-32(21-38(39)55)42(56)50-64(58,26-30)51-43(57)36-24-52(2)49-44(36)59-3/h8-12,20-21,24,30,33,35,41H,5-7,13-19,22-23,25-29H2,1-4H3,(H,50,51,56,57,58)/b40-12-/t30-,33-,35-,41+,45-,46?,64?/m0/s1. The molecule has 2 bridgehead atoms. The van der Waals surface area contributed by atoms with Crippen LogP contribution in [0.4, 0.5) is 10.1 Å². The number of halogens is 2. The first-order chi connectivity index (χ1) is 30.8. The van der Waals surface area contributed by atoms with Crippen molar-refractivity contribution in [3.8, 4) is 11.6 Å². The van der Waals surface area contributed by atoms with Gasteiger partial charge in [-0.05, 0) is 85.6 Å². The van der Waals surface area contributed by atoms with Gasteiger partial charge in [-0.1, -0.05) is 24.6 Å². The van der Waals surface area contributed by atoms with Gasteiger partial charge in [0.05, 0.1) is 44.5 Å². The van der Waals surface area contributed by atoms with Crippen LogP contribution in [0.2, 0.25) is 5.02 Å². The largest absolute Gasteiger partial charge is 0.490 e. The van der Waals surface area contributed by atoms with Crippen molar-refractivity contribution in [3.05, 3.63) is 81.8 Å². The number of carbonyl (C=O) groups is 2. The zero-order valence-corrected chi connectivity index (χ0v) is 38.6. The molecule has 18 heteroatoms. The molecule has 0 saturated carbocycles. The van der Waals surface area contributed by atoms with Crippen LogP contribution in [-0.2, 0) is 43.0 Å². The maximum atomic E-state index is 17.8. The molecular formula is C46H59ClFN7O8S. The van der Waals surface area contributed by atoms with E-state index in [4.69, 9.17) is 35.3 Å². The van der Waals surface area contributed by atoms with Crippen LogP contribution in [0, 0.1) is 11.8 Å². The number of hydrogen-bond acceptors (Lipinski definition) is 12. The first-order valence-corrected chi connectivity index (χ1v) is 24.4. The molecule has 6 heterocycles. The third-order valence-corrected chi connectivity index (χ3v) is 16.3. The molecule has 15 nitrogen and oxygen atoms in total. The number of fused-ring (bicyclic) bond motifs is 5. The minimum Gasteiger partial charge on any atom is -0.490 e. The number of anilines is 1. The number of aromatic nitrogens is 2. The molecule has 0 radical (unpaired) electrons. The van der Waals surface area contributed by atoms with Crippen LogP contribution in [0.1, 0.15) is 64.4 Å². The Morgan fingerprint density at radius 2 is 1.98 bits per heavy atom. The van der Waals surface area contributed by atoms with E-state index in [2.05, 4.69) is 34.9 Å². The van der Waals surface area contributed by atoms with E-state index in [0.717, 1.165) is 38.9 Å². The topological polar surface area (TPSA) is 149 Å². The maximum absolute atomic E-state index is 17.8. The van der Waals surface area contributed by atoms with Crippen LogP contribution >= 0.6 is 11.6 Å². The number of allylic oxidation sites excluding steroid dienone is 1. The smallest absolute Gasteiger partial charge is 0.286 e. The van der Waals surface area contributed by atoms with Crippen LogP contribution in [0.25, 0.3) is 0 Å². The van der Waals surface area contributed by atoms with Gasteiger partial charge in [0, 0.05) is 101 Å². The molecule has 2 amide bonds. The molecule has 3 fully saturated rings. The molecular weight excluding hydrogens is 865 g/mol. The second-order valence-corrected chi connectivity index (χ2v) is 20.9. The number of amides is 2. The predicted octanol–water partition coefficient (Wildman–Crippen LogP) is 5.21. The molecule has 3 saturated heterocycles. The third-order valence-electron chi connectivity index (χ3n) is 14.1. The highest BCUT2D eigenvalue weighted by molar-refractivity contribution is 7.92. The number of methoxy groups -OCH3 is 2. The van der Waals surface area contributed by atoms with Gasteiger partial charge in [-0.25, -0.2) is 8.60 Å². The summed E-state index contributed by atoms with van der Waals surface area (Å²) in [6.07, 6.45) is 5.72. The van der Waals surface area contributed by atoms with Crippen molar-refractivity contribution in [1.82, 2.24) is 24.3 Å². The van der Waals surface area contributed by atoms with Gasteiger partial charge in [0.25, 0.3) is 11.8 Å². The Labute approximate surface area is 379 Å². The summed E-state index contributed by atoms with van der Waals surface area (Å²) in [7, 11) is 0.732. The lowest BCUT2D eigenvalue weighted by Gasteiger charge is -2.48.